The molecule has 2 fully saturated rings. The van der Waals surface area contributed by atoms with Crippen molar-refractivity contribution in [1.29, 1.82) is 0 Å². The molecule has 39 heavy (non-hydrogen) atoms. The summed E-state index contributed by atoms with van der Waals surface area (Å²) >= 11 is 0. The number of fused-ring (bicyclic) bond motifs is 1. The van der Waals surface area contributed by atoms with Crippen molar-refractivity contribution in [3.05, 3.63) is 45.1 Å². The molecule has 0 N–H and O–H groups in total. The minimum absolute atomic E-state index is 0.0485. The molecule has 0 aromatic carbocycles. The highest BCUT2D eigenvalue weighted by Gasteiger charge is 2.41. The number of hydrogen-bond acceptors (Lipinski definition) is 6. The Hall–Kier alpha value is -3.31. The van der Waals surface area contributed by atoms with Crippen molar-refractivity contribution in [2.75, 3.05) is 31.1 Å². The fourth-order valence-corrected chi connectivity index (χ4v) is 5.15. The summed E-state index contributed by atoms with van der Waals surface area (Å²) in [5, 5.41) is 0. The second-order valence-electron chi connectivity index (χ2n) is 11.1. The van der Waals surface area contributed by atoms with Gasteiger partial charge in [-0.25, -0.2) is 14.0 Å². The Balaban J connectivity index is 1.73. The lowest BCUT2D eigenvalue weighted by molar-refractivity contribution is -0.148. The summed E-state index contributed by atoms with van der Waals surface area (Å²) in [7, 11) is 0. The van der Waals surface area contributed by atoms with Crippen LogP contribution in [0.2, 0.25) is 0 Å². The van der Waals surface area contributed by atoms with Crippen LogP contribution in [0, 0.1) is 12.7 Å². The van der Waals surface area contributed by atoms with E-state index in [4.69, 9.17) is 9.47 Å². The van der Waals surface area contributed by atoms with Crippen LogP contribution < -0.4 is 10.5 Å². The summed E-state index contributed by atoms with van der Waals surface area (Å²) in [5.74, 6) is -1.45. The zero-order valence-corrected chi connectivity index (χ0v) is 22.7. The van der Waals surface area contributed by atoms with E-state index >= 15 is 4.39 Å². The third-order valence-electron chi connectivity index (χ3n) is 6.85. The minimum atomic E-state index is -4.65. The second kappa shape index (κ2) is 10.3. The summed E-state index contributed by atoms with van der Waals surface area (Å²) in [4.78, 5) is 40.6. The third-order valence-corrected chi connectivity index (χ3v) is 6.85. The third kappa shape index (κ3) is 6.14. The number of esters is 1. The maximum atomic E-state index is 15.6. The summed E-state index contributed by atoms with van der Waals surface area (Å²) in [6.07, 6.45) is -2.86. The molecule has 2 aromatic heterocycles. The van der Waals surface area contributed by atoms with E-state index < -0.39 is 47.8 Å². The Morgan fingerprint density at radius 3 is 2.38 bits per heavy atom. The van der Waals surface area contributed by atoms with Crippen LogP contribution in [0.4, 0.5) is 28.0 Å². The first kappa shape index (κ1) is 28.7. The molecule has 1 atom stereocenters. The number of carbonyl (C=O) groups is 2. The number of amides is 1. The van der Waals surface area contributed by atoms with Gasteiger partial charge in [0.25, 0.3) is 5.56 Å². The number of rotatable bonds is 6. The zero-order chi connectivity index (χ0) is 28.9. The van der Waals surface area contributed by atoms with Crippen LogP contribution in [0.3, 0.4) is 0 Å². The molecule has 4 rings (SSSR count). The normalized spacial score (nSPS) is 18.0. The van der Waals surface area contributed by atoms with E-state index in [2.05, 4.69) is 0 Å². The van der Waals surface area contributed by atoms with Gasteiger partial charge in [-0.05, 0) is 77.0 Å². The number of nitrogens with zero attached hydrogens (tertiary/aromatic N) is 3. The van der Waals surface area contributed by atoms with Gasteiger partial charge in [-0.1, -0.05) is 0 Å². The lowest BCUT2D eigenvalue weighted by Crippen LogP contribution is -2.48. The molecule has 1 aliphatic carbocycles. The van der Waals surface area contributed by atoms with Crippen molar-refractivity contribution in [2.24, 2.45) is 0 Å². The quantitative estimate of drug-likeness (QED) is 0.361. The molecule has 1 saturated carbocycles. The molecule has 0 bridgehead atoms. The average molecular weight is 556 g/mol. The lowest BCUT2D eigenvalue weighted by atomic mass is 10.0. The van der Waals surface area contributed by atoms with Crippen molar-refractivity contribution in [3.8, 4) is 0 Å². The SMILES string of the molecule is CCOC(=O)c1cc(C2CC2)c2c(C)c(N3CC[C@H](N(CC(F)(F)F)C(=O)OC(C)(C)C)C3)c(F)cn2c1=O. The molecule has 214 valence electrons. The first-order valence-corrected chi connectivity index (χ1v) is 13.0. The maximum absolute atomic E-state index is 15.6. The number of halogens is 4. The van der Waals surface area contributed by atoms with Crippen molar-refractivity contribution in [1.82, 2.24) is 9.30 Å². The molecule has 2 aromatic rings. The van der Waals surface area contributed by atoms with E-state index in [9.17, 15) is 27.6 Å². The smallest absolute Gasteiger partial charge is 0.410 e. The molecule has 1 amide bonds. The standard InChI is InChI=1S/C27H33F4N3O5/c1-6-38-24(36)19-11-18(16-7-8-16)21-15(2)22(20(28)13-33(21)23(19)35)32-10-9-17(12-32)34(14-27(29,30)31)25(37)39-26(3,4)5/h11,13,16-17H,6-10,12,14H2,1-5H3/t17-/m0/s1. The Morgan fingerprint density at radius 1 is 1.15 bits per heavy atom. The molecule has 1 aliphatic heterocycles. The second-order valence-corrected chi connectivity index (χ2v) is 11.1. The number of pyridine rings is 2. The van der Waals surface area contributed by atoms with Crippen molar-refractivity contribution < 1.29 is 36.6 Å². The first-order valence-electron chi connectivity index (χ1n) is 13.0. The molecule has 3 heterocycles. The predicted octanol–water partition coefficient (Wildman–Crippen LogP) is 5.18. The highest BCUT2D eigenvalue weighted by molar-refractivity contribution is 5.90. The summed E-state index contributed by atoms with van der Waals surface area (Å²) in [6.45, 7) is 6.71. The van der Waals surface area contributed by atoms with Crippen LogP contribution in [0.1, 0.15) is 74.4 Å². The molecule has 12 heteroatoms. The Morgan fingerprint density at radius 2 is 1.82 bits per heavy atom. The molecular weight excluding hydrogens is 522 g/mol. The van der Waals surface area contributed by atoms with E-state index in [0.29, 0.717) is 16.0 Å². The van der Waals surface area contributed by atoms with Crippen LogP contribution >= 0.6 is 0 Å². The van der Waals surface area contributed by atoms with E-state index in [-0.39, 0.29) is 43.3 Å². The molecule has 8 nitrogen and oxygen atoms in total. The van der Waals surface area contributed by atoms with Gasteiger partial charge in [0.1, 0.15) is 17.7 Å². The van der Waals surface area contributed by atoms with E-state index in [1.807, 2.05) is 0 Å². The summed E-state index contributed by atoms with van der Waals surface area (Å²) < 4.78 is 67.2. The number of carbonyl (C=O) groups excluding carboxylic acids is 2. The predicted molar refractivity (Wildman–Crippen MR) is 136 cm³/mol. The molecule has 0 radical (unpaired) electrons. The fraction of sp³-hybridized carbons (Fsp3) is 0.593. The van der Waals surface area contributed by atoms with Gasteiger partial charge >= 0.3 is 18.2 Å². The topological polar surface area (TPSA) is 80.6 Å². The van der Waals surface area contributed by atoms with Gasteiger partial charge in [-0.2, -0.15) is 13.2 Å². The number of aromatic nitrogens is 1. The van der Waals surface area contributed by atoms with Crippen molar-refractivity contribution in [3.63, 3.8) is 0 Å². The number of anilines is 1. The lowest BCUT2D eigenvalue weighted by Gasteiger charge is -2.32. The minimum Gasteiger partial charge on any atom is -0.462 e. The molecule has 0 spiro atoms. The van der Waals surface area contributed by atoms with Gasteiger partial charge < -0.3 is 14.4 Å². The van der Waals surface area contributed by atoms with E-state index in [0.717, 1.165) is 29.0 Å². The average Bonchev–Trinajstić information content (AvgIpc) is 3.54. The number of aryl methyl sites for hydroxylation is 1. The molecule has 2 aliphatic rings. The van der Waals surface area contributed by atoms with Gasteiger partial charge in [0.05, 0.1) is 30.0 Å². The summed E-state index contributed by atoms with van der Waals surface area (Å²) in [5.41, 5.74) is -0.0983. The van der Waals surface area contributed by atoms with Crippen LogP contribution in [-0.2, 0) is 9.47 Å². The molecule has 1 saturated heterocycles. The Labute approximate surface area is 223 Å². The van der Waals surface area contributed by atoms with Gasteiger partial charge in [0.2, 0.25) is 0 Å². The number of ether oxygens (including phenoxy) is 2. The van der Waals surface area contributed by atoms with Crippen molar-refractivity contribution >= 4 is 23.3 Å². The number of alkyl halides is 3. The maximum Gasteiger partial charge on any atom is 0.410 e. The molecular formula is C27H33F4N3O5. The monoisotopic (exact) mass is 555 g/mol. The fourth-order valence-electron chi connectivity index (χ4n) is 5.15. The van der Waals surface area contributed by atoms with Crippen LogP contribution in [0.15, 0.2) is 17.1 Å². The van der Waals surface area contributed by atoms with Gasteiger partial charge in [-0.15, -0.1) is 0 Å². The zero-order valence-electron chi connectivity index (χ0n) is 22.7. The Kier molecular flexibility index (Phi) is 7.61. The van der Waals surface area contributed by atoms with Crippen LogP contribution in [0.5, 0.6) is 0 Å². The number of hydrogen-bond donors (Lipinski definition) is 0. The highest BCUT2D eigenvalue weighted by atomic mass is 19.4. The van der Waals surface area contributed by atoms with Crippen LogP contribution in [-0.4, -0.2) is 65.4 Å². The van der Waals surface area contributed by atoms with E-state index in [1.54, 1.807) is 39.5 Å². The van der Waals surface area contributed by atoms with E-state index in [1.165, 1.54) is 6.07 Å². The Bertz CT molecular complexity index is 1340. The largest absolute Gasteiger partial charge is 0.462 e. The van der Waals surface area contributed by atoms with Crippen molar-refractivity contribution in [2.45, 2.75) is 77.6 Å². The molecule has 0 unspecified atom stereocenters. The highest BCUT2D eigenvalue weighted by Crippen LogP contribution is 2.44. The van der Waals surface area contributed by atoms with Gasteiger partial charge in [0.15, 0.2) is 5.82 Å². The van der Waals surface area contributed by atoms with Gasteiger partial charge in [-0.3, -0.25) is 14.1 Å². The first-order chi connectivity index (χ1) is 18.1. The van der Waals surface area contributed by atoms with Crippen LogP contribution in [0.25, 0.3) is 5.52 Å². The van der Waals surface area contributed by atoms with Gasteiger partial charge in [0, 0.05) is 13.1 Å². The summed E-state index contributed by atoms with van der Waals surface area (Å²) in [6, 6.07) is 0.648.